The Morgan fingerprint density at radius 3 is 2.28 bits per heavy atom. The van der Waals surface area contributed by atoms with E-state index in [0.29, 0.717) is 0 Å². The molecule has 3 unspecified atom stereocenters. The molecular weight excluding hydrogens is 242 g/mol. The first-order chi connectivity index (χ1) is 8.17. The molecule has 1 fully saturated rings. The molecule has 1 aliphatic rings. The van der Waals surface area contributed by atoms with Gasteiger partial charge in [-0.3, -0.25) is 4.90 Å². The van der Waals surface area contributed by atoms with E-state index in [2.05, 4.69) is 4.74 Å². The van der Waals surface area contributed by atoms with Crippen molar-refractivity contribution in [2.45, 2.75) is 44.6 Å². The number of esters is 1. The van der Waals surface area contributed by atoms with E-state index in [9.17, 15) is 19.8 Å². The average Bonchev–Trinajstić information content (AvgIpc) is 2.52. The number of methoxy groups -OCH3 is 1. The molecule has 7 heteroatoms. The lowest BCUT2D eigenvalue weighted by Crippen LogP contribution is -2.47. The number of carbonyl (C=O) groups excluding carboxylic acids is 2. The highest BCUT2D eigenvalue weighted by Crippen LogP contribution is 2.22. The number of rotatable bonds is 1. The maximum absolute atomic E-state index is 11.9. The largest absolute Gasteiger partial charge is 0.467 e. The van der Waals surface area contributed by atoms with E-state index >= 15 is 0 Å². The summed E-state index contributed by atoms with van der Waals surface area (Å²) in [5, 5.41) is 19.2. The van der Waals surface area contributed by atoms with Crippen LogP contribution in [0, 0.1) is 0 Å². The first kappa shape index (κ1) is 14.7. The van der Waals surface area contributed by atoms with E-state index in [1.165, 1.54) is 0 Å². The predicted octanol–water partition coefficient (Wildman–Crippen LogP) is -0.500. The van der Waals surface area contributed by atoms with E-state index in [1.54, 1.807) is 20.8 Å². The van der Waals surface area contributed by atoms with Gasteiger partial charge in [-0.05, 0) is 20.8 Å². The molecular formula is C11H19NO6. The first-order valence-corrected chi connectivity index (χ1v) is 5.61. The molecule has 1 amide bonds. The minimum Gasteiger partial charge on any atom is -0.467 e. The summed E-state index contributed by atoms with van der Waals surface area (Å²) in [6.07, 6.45) is -3.33. The molecule has 3 atom stereocenters. The summed E-state index contributed by atoms with van der Waals surface area (Å²) < 4.78 is 9.60. The van der Waals surface area contributed by atoms with E-state index in [4.69, 9.17) is 4.74 Å². The van der Waals surface area contributed by atoms with Gasteiger partial charge >= 0.3 is 12.1 Å². The maximum Gasteiger partial charge on any atom is 0.411 e. The van der Waals surface area contributed by atoms with Crippen LogP contribution in [0.1, 0.15) is 20.8 Å². The second kappa shape index (κ2) is 5.11. The highest BCUT2D eigenvalue weighted by molar-refractivity contribution is 5.83. The van der Waals surface area contributed by atoms with Crippen LogP contribution in [0.5, 0.6) is 0 Å². The summed E-state index contributed by atoms with van der Waals surface area (Å²) in [6, 6.07) is -1.24. The number of carbonyl (C=O) groups is 2. The highest BCUT2D eigenvalue weighted by Gasteiger charge is 2.48. The summed E-state index contributed by atoms with van der Waals surface area (Å²) in [5.41, 5.74) is -0.726. The van der Waals surface area contributed by atoms with Crippen LogP contribution >= 0.6 is 0 Å². The fourth-order valence-corrected chi connectivity index (χ4v) is 1.71. The average molecular weight is 261 g/mol. The number of amides is 1. The minimum absolute atomic E-state index is 0.171. The lowest BCUT2D eigenvalue weighted by atomic mass is 10.1. The third-order valence-electron chi connectivity index (χ3n) is 2.51. The molecule has 0 aromatic heterocycles. The Bertz CT molecular complexity index is 337. The van der Waals surface area contributed by atoms with Gasteiger partial charge in [-0.2, -0.15) is 0 Å². The third-order valence-corrected chi connectivity index (χ3v) is 2.51. The van der Waals surface area contributed by atoms with Gasteiger partial charge in [0.25, 0.3) is 0 Å². The summed E-state index contributed by atoms with van der Waals surface area (Å²) in [6.45, 7) is 4.87. The van der Waals surface area contributed by atoms with Crippen LogP contribution in [0.4, 0.5) is 4.79 Å². The summed E-state index contributed by atoms with van der Waals surface area (Å²) in [4.78, 5) is 24.3. The van der Waals surface area contributed by atoms with Crippen LogP contribution in [-0.2, 0) is 14.3 Å². The minimum atomic E-state index is -1.37. The van der Waals surface area contributed by atoms with Gasteiger partial charge in [-0.1, -0.05) is 0 Å². The SMILES string of the molecule is COC(=O)C1C(O)C(O)CN1C(=O)OC(C)(C)C. The van der Waals surface area contributed by atoms with E-state index < -0.39 is 35.9 Å². The molecule has 1 saturated heterocycles. The molecule has 0 spiro atoms. The van der Waals surface area contributed by atoms with Crippen molar-refractivity contribution < 1.29 is 29.3 Å². The summed E-state index contributed by atoms with van der Waals surface area (Å²) >= 11 is 0. The first-order valence-electron chi connectivity index (χ1n) is 5.61. The predicted molar refractivity (Wildman–Crippen MR) is 60.8 cm³/mol. The summed E-state index contributed by atoms with van der Waals surface area (Å²) in [5.74, 6) is -0.787. The normalized spacial score (nSPS) is 28.1. The Hall–Kier alpha value is -1.34. The number of β-amino-alcohol motifs (C(OH)–C–C–N with tert-alkyl or cyclic N) is 1. The molecule has 0 radical (unpaired) electrons. The molecule has 7 nitrogen and oxygen atoms in total. The number of nitrogens with zero attached hydrogens (tertiary/aromatic N) is 1. The van der Waals surface area contributed by atoms with Crippen molar-refractivity contribution in [3.05, 3.63) is 0 Å². The molecule has 0 saturated carbocycles. The highest BCUT2D eigenvalue weighted by atomic mass is 16.6. The fraction of sp³-hybridized carbons (Fsp3) is 0.818. The van der Waals surface area contributed by atoms with Crippen molar-refractivity contribution in [3.8, 4) is 0 Å². The monoisotopic (exact) mass is 261 g/mol. The van der Waals surface area contributed by atoms with E-state index in [0.717, 1.165) is 12.0 Å². The van der Waals surface area contributed by atoms with Crippen LogP contribution in [-0.4, -0.2) is 64.7 Å². The Balaban J connectivity index is 2.86. The third kappa shape index (κ3) is 3.11. The maximum atomic E-state index is 11.9. The Kier molecular flexibility index (Phi) is 4.18. The lowest BCUT2D eigenvalue weighted by molar-refractivity contribution is -0.149. The van der Waals surface area contributed by atoms with E-state index in [-0.39, 0.29) is 6.54 Å². The summed E-state index contributed by atoms with van der Waals surface area (Å²) in [7, 11) is 1.15. The van der Waals surface area contributed by atoms with Gasteiger partial charge in [0.05, 0.1) is 13.7 Å². The van der Waals surface area contributed by atoms with E-state index in [1.807, 2.05) is 0 Å². The van der Waals surface area contributed by atoms with Crippen molar-refractivity contribution in [1.82, 2.24) is 4.90 Å². The molecule has 0 aromatic carbocycles. The molecule has 1 heterocycles. The van der Waals surface area contributed by atoms with Crippen LogP contribution in [0.25, 0.3) is 0 Å². The zero-order chi connectivity index (χ0) is 14.1. The molecule has 1 aliphatic heterocycles. The van der Waals surface area contributed by atoms with Crippen molar-refractivity contribution in [1.29, 1.82) is 0 Å². The zero-order valence-corrected chi connectivity index (χ0v) is 10.9. The van der Waals surface area contributed by atoms with Crippen molar-refractivity contribution in [2.75, 3.05) is 13.7 Å². The fourth-order valence-electron chi connectivity index (χ4n) is 1.71. The molecule has 0 aliphatic carbocycles. The van der Waals surface area contributed by atoms with Crippen molar-refractivity contribution in [2.24, 2.45) is 0 Å². The Labute approximate surface area is 105 Å². The van der Waals surface area contributed by atoms with Gasteiger partial charge in [0.15, 0.2) is 6.04 Å². The zero-order valence-electron chi connectivity index (χ0n) is 10.9. The number of ether oxygens (including phenoxy) is 2. The topological polar surface area (TPSA) is 96.3 Å². The second-order valence-corrected chi connectivity index (χ2v) is 5.16. The van der Waals surface area contributed by atoms with Gasteiger partial charge in [0.1, 0.15) is 17.8 Å². The van der Waals surface area contributed by atoms with Gasteiger partial charge in [0, 0.05) is 0 Å². The van der Waals surface area contributed by atoms with Crippen molar-refractivity contribution >= 4 is 12.1 Å². The number of aliphatic hydroxyl groups excluding tert-OH is 2. The lowest BCUT2D eigenvalue weighted by Gasteiger charge is -2.27. The molecule has 2 N–H and O–H groups in total. The Morgan fingerprint density at radius 2 is 1.83 bits per heavy atom. The van der Waals surface area contributed by atoms with Crippen molar-refractivity contribution in [3.63, 3.8) is 0 Å². The number of likely N-dealkylation sites (tertiary alicyclic amines) is 1. The van der Waals surface area contributed by atoms with Gasteiger partial charge in [-0.15, -0.1) is 0 Å². The molecule has 0 bridgehead atoms. The van der Waals surface area contributed by atoms with Gasteiger partial charge < -0.3 is 19.7 Å². The number of aliphatic hydroxyl groups is 2. The molecule has 18 heavy (non-hydrogen) atoms. The van der Waals surface area contributed by atoms with Gasteiger partial charge in [-0.25, -0.2) is 9.59 Å². The standard InChI is InChI=1S/C11H19NO6/c1-11(2,3)18-10(16)12-5-6(13)8(14)7(12)9(15)17-4/h6-8,13-14H,5H2,1-4H3. The Morgan fingerprint density at radius 1 is 1.28 bits per heavy atom. The van der Waals surface area contributed by atoms with Gasteiger partial charge in [0.2, 0.25) is 0 Å². The molecule has 104 valence electrons. The number of hydrogen-bond donors (Lipinski definition) is 2. The second-order valence-electron chi connectivity index (χ2n) is 5.16. The number of hydrogen-bond acceptors (Lipinski definition) is 6. The van der Waals surface area contributed by atoms with Crippen LogP contribution in [0.2, 0.25) is 0 Å². The molecule has 1 rings (SSSR count). The smallest absolute Gasteiger partial charge is 0.411 e. The van der Waals surface area contributed by atoms with Crippen LogP contribution in [0.3, 0.4) is 0 Å². The quantitative estimate of drug-likeness (QED) is 0.618. The molecule has 0 aromatic rings. The van der Waals surface area contributed by atoms with Crippen LogP contribution < -0.4 is 0 Å². The van der Waals surface area contributed by atoms with Crippen LogP contribution in [0.15, 0.2) is 0 Å².